The van der Waals surface area contributed by atoms with Gasteiger partial charge in [0.25, 0.3) is 0 Å². The third-order valence-electron chi connectivity index (χ3n) is 0.997. The van der Waals surface area contributed by atoms with Gasteiger partial charge in [-0.25, -0.2) is 0 Å². The van der Waals surface area contributed by atoms with Crippen LogP contribution in [-0.4, -0.2) is 40.8 Å². The summed E-state index contributed by atoms with van der Waals surface area (Å²) in [6.45, 7) is 3.16. The van der Waals surface area contributed by atoms with Gasteiger partial charge >= 0.3 is 0 Å². The highest BCUT2D eigenvalue weighted by Crippen LogP contribution is 1.80. The summed E-state index contributed by atoms with van der Waals surface area (Å²) in [6, 6.07) is 0. The fraction of sp³-hybridized carbons (Fsp3) is 0.667. The first kappa shape index (κ1) is 9.58. The molecule has 4 nitrogen and oxygen atoms in total. The molecule has 0 radical (unpaired) electrons. The molecule has 0 rings (SSSR count). The predicted molar refractivity (Wildman–Crippen MR) is 37.3 cm³/mol. The van der Waals surface area contributed by atoms with E-state index in [1.165, 1.54) is 6.08 Å². The lowest BCUT2D eigenvalue weighted by Crippen LogP contribution is -2.35. The summed E-state index contributed by atoms with van der Waals surface area (Å²) >= 11 is 0. The maximum Gasteiger partial charge on any atom is 0.123 e. The second kappa shape index (κ2) is 5.37. The molecule has 0 saturated carbocycles. The molecule has 0 heterocycles. The lowest BCUT2D eigenvalue weighted by Gasteiger charge is -2.10. The van der Waals surface area contributed by atoms with Gasteiger partial charge in [-0.15, -0.1) is 0 Å². The molecular weight excluding hydrogens is 134 g/mol. The van der Waals surface area contributed by atoms with Crippen molar-refractivity contribution < 1.29 is 15.3 Å². The maximum atomic E-state index is 8.78. The van der Waals surface area contributed by atoms with Crippen molar-refractivity contribution in [3.8, 4) is 0 Å². The Kier molecular flexibility index (Phi) is 5.15. The molecule has 4 heteroatoms. The van der Waals surface area contributed by atoms with Gasteiger partial charge in [0.1, 0.15) is 6.23 Å². The minimum Gasteiger partial charge on any atom is -0.394 e. The van der Waals surface area contributed by atoms with Crippen molar-refractivity contribution >= 4 is 0 Å². The number of nitrogens with one attached hydrogen (secondary N) is 1. The molecule has 0 saturated heterocycles. The lowest BCUT2D eigenvalue weighted by molar-refractivity contribution is 0.0780. The van der Waals surface area contributed by atoms with Crippen LogP contribution in [0, 0.1) is 0 Å². The van der Waals surface area contributed by atoms with Gasteiger partial charge in [-0.1, -0.05) is 6.58 Å². The highest BCUT2D eigenvalue weighted by Gasteiger charge is 2.02. The van der Waals surface area contributed by atoms with Gasteiger partial charge in [-0.3, -0.25) is 5.32 Å². The van der Waals surface area contributed by atoms with Crippen LogP contribution in [0.3, 0.4) is 0 Å². The van der Waals surface area contributed by atoms with E-state index >= 15 is 0 Å². The van der Waals surface area contributed by atoms with Crippen molar-refractivity contribution in [2.75, 3.05) is 13.2 Å². The van der Waals surface area contributed by atoms with Crippen LogP contribution in [0.2, 0.25) is 0 Å². The quantitative estimate of drug-likeness (QED) is 0.280. The Morgan fingerprint density at radius 1 is 1.50 bits per heavy atom. The standard InChI is InChI=1S/C6H13NO3/c1-2-6(10)7-3-5(9)4-8/h2,5-10H,1,3-4H2. The predicted octanol–water partition coefficient (Wildman–Crippen LogP) is -1.57. The van der Waals surface area contributed by atoms with Crippen molar-refractivity contribution in [2.45, 2.75) is 12.3 Å². The molecule has 0 bridgehead atoms. The summed E-state index contributed by atoms with van der Waals surface area (Å²) in [5, 5.41) is 28.4. The zero-order valence-electron chi connectivity index (χ0n) is 5.70. The summed E-state index contributed by atoms with van der Waals surface area (Å²) in [5.41, 5.74) is 0. The summed E-state index contributed by atoms with van der Waals surface area (Å²) in [5.74, 6) is 0. The monoisotopic (exact) mass is 147 g/mol. The van der Waals surface area contributed by atoms with Crippen molar-refractivity contribution in [3.63, 3.8) is 0 Å². The van der Waals surface area contributed by atoms with Crippen LogP contribution in [-0.2, 0) is 0 Å². The molecule has 0 fully saturated rings. The van der Waals surface area contributed by atoms with Gasteiger partial charge in [-0.05, 0) is 6.08 Å². The van der Waals surface area contributed by atoms with Gasteiger partial charge in [0.2, 0.25) is 0 Å². The molecule has 60 valence electrons. The number of aliphatic hydroxyl groups excluding tert-OH is 3. The average Bonchev–Trinajstić information content (AvgIpc) is 1.99. The first-order chi connectivity index (χ1) is 4.70. The zero-order valence-corrected chi connectivity index (χ0v) is 5.70. The Hall–Kier alpha value is -0.420. The first-order valence-electron chi connectivity index (χ1n) is 3.03. The van der Waals surface area contributed by atoms with Gasteiger partial charge in [0.05, 0.1) is 12.7 Å². The van der Waals surface area contributed by atoms with Crippen LogP contribution in [0.4, 0.5) is 0 Å². The molecule has 0 aliphatic carbocycles. The Labute approximate surface area is 59.8 Å². The minimum atomic E-state index is -0.824. The van der Waals surface area contributed by atoms with E-state index < -0.39 is 12.3 Å². The third-order valence-corrected chi connectivity index (χ3v) is 0.997. The number of rotatable bonds is 5. The SMILES string of the molecule is C=CC(O)NCC(O)CO. The molecular formula is C6H13NO3. The molecule has 4 N–H and O–H groups in total. The topological polar surface area (TPSA) is 72.7 Å². The van der Waals surface area contributed by atoms with E-state index in [0.29, 0.717) is 0 Å². The van der Waals surface area contributed by atoms with Gasteiger partial charge in [0, 0.05) is 6.54 Å². The van der Waals surface area contributed by atoms with Crippen molar-refractivity contribution in [3.05, 3.63) is 12.7 Å². The minimum absolute atomic E-state index is 0.156. The molecule has 0 aliphatic heterocycles. The van der Waals surface area contributed by atoms with Crippen LogP contribution < -0.4 is 5.32 Å². The highest BCUT2D eigenvalue weighted by atomic mass is 16.3. The molecule has 0 amide bonds. The van der Waals surface area contributed by atoms with Crippen molar-refractivity contribution in [1.82, 2.24) is 5.32 Å². The molecule has 0 aromatic carbocycles. The zero-order chi connectivity index (χ0) is 7.98. The normalized spacial score (nSPS) is 16.3. The van der Waals surface area contributed by atoms with Crippen molar-refractivity contribution in [1.29, 1.82) is 0 Å². The van der Waals surface area contributed by atoms with Crippen LogP contribution in [0.25, 0.3) is 0 Å². The number of aliphatic hydroxyl groups is 3. The van der Waals surface area contributed by atoms with Gasteiger partial charge in [0.15, 0.2) is 0 Å². The van der Waals surface area contributed by atoms with E-state index in [1.807, 2.05) is 0 Å². The summed E-state index contributed by atoms with van der Waals surface area (Å²) in [4.78, 5) is 0. The fourth-order valence-electron chi connectivity index (χ4n) is 0.405. The van der Waals surface area contributed by atoms with E-state index in [1.54, 1.807) is 0 Å². The summed E-state index contributed by atoms with van der Waals surface area (Å²) in [7, 11) is 0. The highest BCUT2D eigenvalue weighted by molar-refractivity contribution is 4.76. The van der Waals surface area contributed by atoms with E-state index in [-0.39, 0.29) is 13.2 Å². The second-order valence-electron chi connectivity index (χ2n) is 1.93. The fourth-order valence-corrected chi connectivity index (χ4v) is 0.405. The molecule has 0 aromatic heterocycles. The second-order valence-corrected chi connectivity index (χ2v) is 1.93. The van der Waals surface area contributed by atoms with E-state index in [0.717, 1.165) is 0 Å². The number of hydrogen-bond acceptors (Lipinski definition) is 4. The number of hydrogen-bond donors (Lipinski definition) is 4. The molecule has 0 aromatic rings. The molecule has 0 spiro atoms. The van der Waals surface area contributed by atoms with E-state index in [4.69, 9.17) is 15.3 Å². The van der Waals surface area contributed by atoms with Crippen LogP contribution in [0.1, 0.15) is 0 Å². The molecule has 2 atom stereocenters. The van der Waals surface area contributed by atoms with E-state index in [2.05, 4.69) is 11.9 Å². The van der Waals surface area contributed by atoms with Gasteiger partial charge < -0.3 is 15.3 Å². The lowest BCUT2D eigenvalue weighted by atomic mass is 10.3. The van der Waals surface area contributed by atoms with Crippen LogP contribution in [0.15, 0.2) is 12.7 Å². The molecule has 10 heavy (non-hydrogen) atoms. The average molecular weight is 147 g/mol. The van der Waals surface area contributed by atoms with Crippen LogP contribution in [0.5, 0.6) is 0 Å². The molecule has 2 unspecified atom stereocenters. The Balaban J connectivity index is 3.25. The Morgan fingerprint density at radius 3 is 2.50 bits per heavy atom. The first-order valence-corrected chi connectivity index (χ1v) is 3.03. The Bertz CT molecular complexity index is 97.0. The van der Waals surface area contributed by atoms with Crippen molar-refractivity contribution in [2.24, 2.45) is 0 Å². The summed E-state index contributed by atoms with van der Waals surface area (Å²) < 4.78 is 0. The molecule has 0 aliphatic rings. The largest absolute Gasteiger partial charge is 0.394 e. The van der Waals surface area contributed by atoms with E-state index in [9.17, 15) is 0 Å². The van der Waals surface area contributed by atoms with Gasteiger partial charge in [-0.2, -0.15) is 0 Å². The summed E-state index contributed by atoms with van der Waals surface area (Å²) in [6.07, 6.45) is -0.347. The Morgan fingerprint density at radius 2 is 2.10 bits per heavy atom. The third kappa shape index (κ3) is 4.46. The maximum absolute atomic E-state index is 8.78. The smallest absolute Gasteiger partial charge is 0.123 e. The van der Waals surface area contributed by atoms with Crippen LogP contribution >= 0.6 is 0 Å².